The van der Waals surface area contributed by atoms with Crippen molar-refractivity contribution in [2.75, 3.05) is 25.0 Å². The predicted octanol–water partition coefficient (Wildman–Crippen LogP) is 5.37. The number of benzene rings is 3. The minimum atomic E-state index is -0.916. The first-order chi connectivity index (χ1) is 29.1. The number of aryl methyl sites for hydroxylation is 1. The molecule has 1 aliphatic rings. The third-order valence-corrected chi connectivity index (χ3v) is 11.5. The molecule has 0 bridgehead atoms. The Morgan fingerprint density at radius 2 is 1.64 bits per heavy atom. The molecule has 3 atom stereocenters. The summed E-state index contributed by atoms with van der Waals surface area (Å²) in [4.78, 5) is 71.3. The van der Waals surface area contributed by atoms with E-state index in [1.807, 2.05) is 69.6 Å². The number of likely N-dealkylation sites (tertiary alicyclic amines) is 1. The number of β-amino-alcohol motifs (C(OH)–C–C–N with tert-alkyl or cyclic N) is 1. The number of carbonyl (C=O) groups is 5. The van der Waals surface area contributed by atoms with Gasteiger partial charge in [-0.25, -0.2) is 10.5 Å². The number of carbonyl (C=O) groups excluding carboxylic acids is 5. The van der Waals surface area contributed by atoms with E-state index in [2.05, 4.69) is 26.3 Å². The first-order valence-electron chi connectivity index (χ1n) is 20.1. The van der Waals surface area contributed by atoms with Gasteiger partial charge in [0.1, 0.15) is 17.8 Å². The molecule has 2 heterocycles. The molecule has 0 unspecified atom stereocenters. The van der Waals surface area contributed by atoms with Crippen LogP contribution in [0.15, 0.2) is 72.2 Å². The second-order valence-corrected chi connectivity index (χ2v) is 17.3. The number of aromatic nitrogens is 1. The fraction of sp³-hybridized carbons (Fsp3) is 0.409. The minimum absolute atomic E-state index is 0.00726. The van der Waals surface area contributed by atoms with E-state index in [4.69, 9.17) is 21.5 Å². The summed E-state index contributed by atoms with van der Waals surface area (Å²) in [5, 5.41) is 31.6. The highest BCUT2D eigenvalue weighted by Crippen LogP contribution is 2.29. The standard InChI is InChI=1S/C44H54ClN7O8S/c1-27-39(61-26-49-27)30-13-9-28(10-14-30)23-48-42(57)36-21-32(53)24-52(36)43(58)40(44(2,3)4)50-37(54)8-6-5-7-19-46-38(55)25-60-33-16-11-29(12-17-33)22-47-35-20-31(41(56)51-59)15-18-34(35)45/h9-18,20,26,32,36,40,47,53,59H,5-8,19,21-25H2,1-4H3,(H,46,55)(H,48,57)(H,50,54)(H,51,56)/t32-,36+,40-/m1/s1. The van der Waals surface area contributed by atoms with Crippen LogP contribution >= 0.6 is 22.9 Å². The summed E-state index contributed by atoms with van der Waals surface area (Å²) < 4.78 is 5.62. The van der Waals surface area contributed by atoms with Gasteiger partial charge in [-0.3, -0.25) is 29.2 Å². The van der Waals surface area contributed by atoms with Gasteiger partial charge in [0.2, 0.25) is 17.7 Å². The van der Waals surface area contributed by atoms with Gasteiger partial charge >= 0.3 is 0 Å². The lowest BCUT2D eigenvalue weighted by Crippen LogP contribution is -2.57. The number of nitrogens with one attached hydrogen (secondary N) is 5. The zero-order valence-electron chi connectivity index (χ0n) is 34.8. The summed E-state index contributed by atoms with van der Waals surface area (Å²) in [5.74, 6) is -1.50. The van der Waals surface area contributed by atoms with E-state index in [-0.39, 0.29) is 55.8 Å². The molecule has 7 N–H and O–H groups in total. The normalized spacial score (nSPS) is 15.4. The van der Waals surface area contributed by atoms with E-state index >= 15 is 0 Å². The number of anilines is 1. The Morgan fingerprint density at radius 1 is 0.934 bits per heavy atom. The van der Waals surface area contributed by atoms with E-state index < -0.39 is 35.4 Å². The summed E-state index contributed by atoms with van der Waals surface area (Å²) >= 11 is 7.79. The molecule has 326 valence electrons. The van der Waals surface area contributed by atoms with Crippen LogP contribution < -0.4 is 31.5 Å². The maximum absolute atomic E-state index is 13.9. The third-order valence-electron chi connectivity index (χ3n) is 10.2. The second kappa shape index (κ2) is 21.8. The molecule has 0 radical (unpaired) electrons. The van der Waals surface area contributed by atoms with Gasteiger partial charge in [0.25, 0.3) is 11.8 Å². The Kier molecular flexibility index (Phi) is 16.6. The number of nitrogens with zero attached hydrogens (tertiary/aromatic N) is 2. The smallest absolute Gasteiger partial charge is 0.274 e. The first-order valence-corrected chi connectivity index (χ1v) is 21.4. The molecule has 61 heavy (non-hydrogen) atoms. The van der Waals surface area contributed by atoms with Crippen molar-refractivity contribution in [3.05, 3.63) is 99.6 Å². The number of thiazole rings is 1. The van der Waals surface area contributed by atoms with Crippen molar-refractivity contribution in [1.82, 2.24) is 31.3 Å². The van der Waals surface area contributed by atoms with Gasteiger partial charge in [0.05, 0.1) is 32.9 Å². The fourth-order valence-electron chi connectivity index (χ4n) is 6.80. The fourth-order valence-corrected chi connectivity index (χ4v) is 7.79. The van der Waals surface area contributed by atoms with Gasteiger partial charge < -0.3 is 36.0 Å². The third kappa shape index (κ3) is 13.5. The highest BCUT2D eigenvalue weighted by Gasteiger charge is 2.44. The first kappa shape index (κ1) is 46.5. The summed E-state index contributed by atoms with van der Waals surface area (Å²) in [6, 6.07) is 17.8. The number of aliphatic hydroxyl groups is 1. The number of rotatable bonds is 19. The van der Waals surface area contributed by atoms with Crippen LogP contribution in [0.5, 0.6) is 5.75 Å². The Hall–Kier alpha value is -5.55. The SMILES string of the molecule is Cc1ncsc1-c1ccc(CNC(=O)[C@@H]2C[C@@H](O)CN2C(=O)[C@@H](NC(=O)CCCCCNC(=O)COc2ccc(CNc3cc(C(=O)NO)ccc3Cl)cc2)C(C)(C)C)cc1. The van der Waals surface area contributed by atoms with Gasteiger partial charge in [0, 0.05) is 44.6 Å². The second-order valence-electron chi connectivity index (χ2n) is 16.0. The Morgan fingerprint density at radius 3 is 2.31 bits per heavy atom. The zero-order valence-corrected chi connectivity index (χ0v) is 36.3. The van der Waals surface area contributed by atoms with E-state index in [9.17, 15) is 29.1 Å². The molecule has 0 saturated carbocycles. The van der Waals surface area contributed by atoms with Crippen molar-refractivity contribution in [2.24, 2.45) is 5.41 Å². The number of hydrogen-bond acceptors (Lipinski definition) is 11. The van der Waals surface area contributed by atoms with Gasteiger partial charge in [-0.05, 0) is 72.2 Å². The van der Waals surface area contributed by atoms with Crippen LogP contribution in [0, 0.1) is 12.3 Å². The summed E-state index contributed by atoms with van der Waals surface area (Å²) in [6.45, 7) is 8.38. The van der Waals surface area contributed by atoms with Gasteiger partial charge in [0.15, 0.2) is 6.61 Å². The lowest BCUT2D eigenvalue weighted by molar-refractivity contribution is -0.144. The van der Waals surface area contributed by atoms with Crippen molar-refractivity contribution in [1.29, 1.82) is 0 Å². The number of hydroxylamine groups is 1. The average molecular weight is 876 g/mol. The molecule has 4 aromatic rings. The van der Waals surface area contributed by atoms with Crippen LogP contribution in [0.25, 0.3) is 10.4 Å². The van der Waals surface area contributed by atoms with Crippen LogP contribution in [-0.2, 0) is 32.3 Å². The van der Waals surface area contributed by atoms with Gasteiger partial charge in [-0.2, -0.15) is 0 Å². The topological polar surface area (TPSA) is 211 Å². The van der Waals surface area contributed by atoms with E-state index in [0.29, 0.717) is 48.8 Å². The van der Waals surface area contributed by atoms with E-state index in [0.717, 1.165) is 27.3 Å². The van der Waals surface area contributed by atoms with Crippen LogP contribution in [0.3, 0.4) is 0 Å². The van der Waals surface area contributed by atoms with Gasteiger partial charge in [-0.1, -0.05) is 75.2 Å². The maximum atomic E-state index is 13.9. The summed E-state index contributed by atoms with van der Waals surface area (Å²) in [6.07, 6.45) is 1.25. The van der Waals surface area contributed by atoms with Gasteiger partial charge in [-0.15, -0.1) is 11.3 Å². The molecule has 5 rings (SSSR count). The van der Waals surface area contributed by atoms with Crippen LogP contribution in [-0.4, -0.2) is 87.6 Å². The summed E-state index contributed by atoms with van der Waals surface area (Å²) in [7, 11) is 0. The molecule has 1 fully saturated rings. The molecule has 1 aromatic heterocycles. The number of hydrogen-bond donors (Lipinski definition) is 7. The number of halogens is 1. The predicted molar refractivity (Wildman–Crippen MR) is 233 cm³/mol. The molecule has 5 amide bonds. The molecular weight excluding hydrogens is 822 g/mol. The minimum Gasteiger partial charge on any atom is -0.484 e. The molecule has 1 saturated heterocycles. The van der Waals surface area contributed by atoms with Crippen molar-refractivity contribution >= 4 is 58.2 Å². The van der Waals surface area contributed by atoms with Crippen LogP contribution in [0.2, 0.25) is 5.02 Å². The number of amides is 5. The lowest BCUT2D eigenvalue weighted by atomic mass is 9.85. The number of aliphatic hydroxyl groups excluding tert-OH is 1. The van der Waals surface area contributed by atoms with Crippen molar-refractivity contribution in [2.45, 2.75) is 91.1 Å². The van der Waals surface area contributed by atoms with Crippen molar-refractivity contribution < 1.29 is 39.0 Å². The average Bonchev–Trinajstić information content (AvgIpc) is 3.86. The van der Waals surface area contributed by atoms with Crippen LogP contribution in [0.1, 0.15) is 80.1 Å². The maximum Gasteiger partial charge on any atom is 0.274 e. The number of ether oxygens (including phenoxy) is 1. The molecular formula is C44H54ClN7O8S. The lowest BCUT2D eigenvalue weighted by Gasteiger charge is -2.35. The molecule has 15 nitrogen and oxygen atoms in total. The monoisotopic (exact) mass is 875 g/mol. The quantitative estimate of drug-likeness (QED) is 0.0364. The molecule has 0 aliphatic carbocycles. The highest BCUT2D eigenvalue weighted by molar-refractivity contribution is 7.13. The zero-order chi connectivity index (χ0) is 44.1. The van der Waals surface area contributed by atoms with E-state index in [1.54, 1.807) is 35.0 Å². The Balaban J connectivity index is 0.990. The largest absolute Gasteiger partial charge is 0.484 e. The molecule has 17 heteroatoms. The van der Waals surface area contributed by atoms with Crippen molar-refractivity contribution in [3.8, 4) is 16.2 Å². The highest BCUT2D eigenvalue weighted by atomic mass is 35.5. The number of unbranched alkanes of at least 4 members (excludes halogenated alkanes) is 2. The van der Waals surface area contributed by atoms with Crippen LogP contribution in [0.4, 0.5) is 5.69 Å². The molecule has 0 spiro atoms. The molecule has 3 aromatic carbocycles. The van der Waals surface area contributed by atoms with Crippen molar-refractivity contribution in [3.63, 3.8) is 0 Å². The van der Waals surface area contributed by atoms with E-state index in [1.165, 1.54) is 17.0 Å². The summed E-state index contributed by atoms with van der Waals surface area (Å²) in [5.41, 5.74) is 7.30. The Labute approximate surface area is 364 Å². The molecule has 1 aliphatic heterocycles. The Bertz CT molecular complexity index is 2140.